The van der Waals surface area contributed by atoms with Crippen LogP contribution in [0.4, 0.5) is 5.82 Å². The van der Waals surface area contributed by atoms with Crippen LogP contribution in [0, 0.1) is 6.92 Å². The lowest BCUT2D eigenvalue weighted by atomic mass is 10.2. The summed E-state index contributed by atoms with van der Waals surface area (Å²) in [7, 11) is -1.63. The van der Waals surface area contributed by atoms with Gasteiger partial charge in [0, 0.05) is 44.1 Å². The molecule has 0 radical (unpaired) electrons. The maximum Gasteiger partial charge on any atom is 0.246 e. The number of rotatable bonds is 5. The second-order valence-electron chi connectivity index (χ2n) is 6.05. The molecule has 0 amide bonds. The van der Waals surface area contributed by atoms with Crippen LogP contribution in [0.2, 0.25) is 0 Å². The molecule has 0 saturated carbocycles. The molecule has 1 saturated heterocycles. The van der Waals surface area contributed by atoms with E-state index in [1.54, 1.807) is 33.5 Å². The molecule has 3 rings (SSSR count). The van der Waals surface area contributed by atoms with Crippen LogP contribution in [0.5, 0.6) is 0 Å². The van der Waals surface area contributed by atoms with Gasteiger partial charge in [-0.1, -0.05) is 6.42 Å². The number of aromatic nitrogens is 3. The van der Waals surface area contributed by atoms with Gasteiger partial charge in [0.2, 0.25) is 10.0 Å². The third kappa shape index (κ3) is 3.29. The van der Waals surface area contributed by atoms with E-state index in [4.69, 9.17) is 0 Å². The van der Waals surface area contributed by atoms with Crippen LogP contribution in [0.25, 0.3) is 0 Å². The molecule has 2 aromatic heterocycles. The Balaban J connectivity index is 1.83. The highest BCUT2D eigenvalue weighted by Crippen LogP contribution is 2.25. The summed E-state index contributed by atoms with van der Waals surface area (Å²) in [6, 6.07) is 3.28. The number of sulfonamides is 1. The summed E-state index contributed by atoms with van der Waals surface area (Å²) in [5, 5.41) is 7.36. The molecular weight excluding hydrogens is 326 g/mol. The van der Waals surface area contributed by atoms with Gasteiger partial charge < -0.3 is 5.32 Å². The van der Waals surface area contributed by atoms with E-state index < -0.39 is 10.0 Å². The number of piperidine rings is 1. The fraction of sp³-hybridized carbons (Fsp3) is 0.500. The Bertz CT molecular complexity index is 810. The Kier molecular flexibility index (Phi) is 4.86. The number of nitrogens with zero attached hydrogens (tertiary/aromatic N) is 4. The zero-order chi connectivity index (χ0) is 17.2. The Morgan fingerprint density at radius 2 is 2.00 bits per heavy atom. The van der Waals surface area contributed by atoms with E-state index in [2.05, 4.69) is 15.4 Å². The maximum atomic E-state index is 12.9. The number of aryl methyl sites for hydroxylation is 1. The van der Waals surface area contributed by atoms with E-state index in [9.17, 15) is 8.42 Å². The minimum atomic E-state index is -3.51. The summed E-state index contributed by atoms with van der Waals surface area (Å²) >= 11 is 0. The van der Waals surface area contributed by atoms with E-state index in [1.165, 1.54) is 0 Å². The lowest BCUT2D eigenvalue weighted by Crippen LogP contribution is -2.36. The summed E-state index contributed by atoms with van der Waals surface area (Å²) in [5.74, 6) is 0.395. The first-order chi connectivity index (χ1) is 11.5. The van der Waals surface area contributed by atoms with Gasteiger partial charge in [-0.25, -0.2) is 13.4 Å². The number of hydrogen-bond donors (Lipinski definition) is 1. The zero-order valence-electron chi connectivity index (χ0n) is 14.1. The Hall–Kier alpha value is -1.93. The van der Waals surface area contributed by atoms with Crippen molar-refractivity contribution in [1.82, 2.24) is 19.1 Å². The molecule has 0 aliphatic carbocycles. The molecule has 1 N–H and O–H groups in total. The molecule has 8 heteroatoms. The van der Waals surface area contributed by atoms with E-state index in [-0.39, 0.29) is 4.90 Å². The molecule has 130 valence electrons. The van der Waals surface area contributed by atoms with E-state index in [0.717, 1.165) is 30.5 Å². The van der Waals surface area contributed by atoms with Gasteiger partial charge in [0.25, 0.3) is 0 Å². The fourth-order valence-corrected chi connectivity index (χ4v) is 4.51. The second kappa shape index (κ2) is 6.90. The standard InChI is InChI=1S/C16H23N5O2S/c1-13-14(12-19-20(13)2)11-18-16-15(7-6-8-17-16)24(22,23)21-9-4-3-5-10-21/h6-8,12H,3-5,9-11H2,1-2H3,(H,17,18). The van der Waals surface area contributed by atoms with Crippen LogP contribution in [0.3, 0.4) is 0 Å². The van der Waals surface area contributed by atoms with Gasteiger partial charge in [-0.05, 0) is 31.9 Å². The fourth-order valence-electron chi connectivity index (χ4n) is 2.87. The lowest BCUT2D eigenvalue weighted by molar-refractivity contribution is 0.346. The first-order valence-corrected chi connectivity index (χ1v) is 9.60. The highest BCUT2D eigenvalue weighted by atomic mass is 32.2. The van der Waals surface area contributed by atoms with Gasteiger partial charge in [0.15, 0.2) is 0 Å². The largest absolute Gasteiger partial charge is 0.365 e. The monoisotopic (exact) mass is 349 g/mol. The Morgan fingerprint density at radius 3 is 2.67 bits per heavy atom. The zero-order valence-corrected chi connectivity index (χ0v) is 14.9. The molecule has 24 heavy (non-hydrogen) atoms. The van der Waals surface area contributed by atoms with Crippen molar-refractivity contribution >= 4 is 15.8 Å². The SMILES string of the molecule is Cc1c(CNc2ncccc2S(=O)(=O)N2CCCCC2)cnn1C. The van der Waals surface area contributed by atoms with Crippen molar-refractivity contribution in [2.24, 2.45) is 7.05 Å². The number of anilines is 1. The summed E-state index contributed by atoms with van der Waals surface area (Å²) in [4.78, 5) is 4.49. The van der Waals surface area contributed by atoms with Crippen LogP contribution >= 0.6 is 0 Å². The summed E-state index contributed by atoms with van der Waals surface area (Å²) in [6.07, 6.45) is 6.30. The number of hydrogen-bond acceptors (Lipinski definition) is 5. The van der Waals surface area contributed by atoms with E-state index in [1.807, 2.05) is 14.0 Å². The number of pyridine rings is 1. The molecule has 0 atom stereocenters. The van der Waals surface area contributed by atoms with Gasteiger partial charge in [0.1, 0.15) is 10.7 Å². The van der Waals surface area contributed by atoms with Gasteiger partial charge in [-0.15, -0.1) is 0 Å². The van der Waals surface area contributed by atoms with E-state index >= 15 is 0 Å². The minimum absolute atomic E-state index is 0.244. The average Bonchev–Trinajstić information content (AvgIpc) is 2.93. The molecular formula is C16H23N5O2S. The molecule has 2 aromatic rings. The minimum Gasteiger partial charge on any atom is -0.365 e. The topological polar surface area (TPSA) is 80.1 Å². The molecule has 0 bridgehead atoms. The predicted molar refractivity (Wildman–Crippen MR) is 92.1 cm³/mol. The third-order valence-corrected chi connectivity index (χ3v) is 6.42. The Morgan fingerprint density at radius 1 is 1.25 bits per heavy atom. The van der Waals surface area contributed by atoms with Crippen molar-refractivity contribution in [3.63, 3.8) is 0 Å². The van der Waals surface area contributed by atoms with Crippen LogP contribution in [-0.4, -0.2) is 40.6 Å². The maximum absolute atomic E-state index is 12.9. The van der Waals surface area contributed by atoms with Crippen molar-refractivity contribution in [3.05, 3.63) is 35.8 Å². The van der Waals surface area contributed by atoms with Gasteiger partial charge >= 0.3 is 0 Å². The molecule has 1 aliphatic heterocycles. The summed E-state index contributed by atoms with van der Waals surface area (Å²) in [6.45, 7) is 3.63. The first-order valence-electron chi connectivity index (χ1n) is 8.16. The molecule has 3 heterocycles. The first kappa shape index (κ1) is 16.9. The van der Waals surface area contributed by atoms with Crippen LogP contribution in [0.15, 0.2) is 29.4 Å². The molecule has 0 aromatic carbocycles. The lowest BCUT2D eigenvalue weighted by Gasteiger charge is -2.26. The number of nitrogens with one attached hydrogen (secondary N) is 1. The van der Waals surface area contributed by atoms with Crippen molar-refractivity contribution in [2.75, 3.05) is 18.4 Å². The van der Waals surface area contributed by atoms with Crippen molar-refractivity contribution in [1.29, 1.82) is 0 Å². The molecule has 1 aliphatic rings. The molecule has 0 spiro atoms. The van der Waals surface area contributed by atoms with Gasteiger partial charge in [-0.3, -0.25) is 4.68 Å². The van der Waals surface area contributed by atoms with E-state index in [0.29, 0.717) is 25.5 Å². The van der Waals surface area contributed by atoms with Crippen LogP contribution < -0.4 is 5.32 Å². The van der Waals surface area contributed by atoms with Crippen molar-refractivity contribution in [3.8, 4) is 0 Å². The molecule has 1 fully saturated rings. The predicted octanol–water partition coefficient (Wildman–Crippen LogP) is 1.91. The normalized spacial score (nSPS) is 16.2. The van der Waals surface area contributed by atoms with Crippen LogP contribution in [0.1, 0.15) is 30.5 Å². The molecule has 7 nitrogen and oxygen atoms in total. The van der Waals surface area contributed by atoms with Gasteiger partial charge in [-0.2, -0.15) is 9.40 Å². The van der Waals surface area contributed by atoms with Gasteiger partial charge in [0.05, 0.1) is 6.20 Å². The quantitative estimate of drug-likeness (QED) is 0.892. The Labute approximate surface area is 142 Å². The van der Waals surface area contributed by atoms with Crippen molar-refractivity contribution in [2.45, 2.75) is 37.6 Å². The smallest absolute Gasteiger partial charge is 0.246 e. The highest BCUT2D eigenvalue weighted by molar-refractivity contribution is 7.89. The van der Waals surface area contributed by atoms with Crippen LogP contribution in [-0.2, 0) is 23.6 Å². The van der Waals surface area contributed by atoms with Crippen molar-refractivity contribution < 1.29 is 8.42 Å². The molecule has 0 unspecified atom stereocenters. The summed E-state index contributed by atoms with van der Waals surface area (Å²) < 4.78 is 29.2. The average molecular weight is 349 g/mol. The second-order valence-corrected chi connectivity index (χ2v) is 7.95. The third-order valence-electron chi connectivity index (χ3n) is 4.49. The highest BCUT2D eigenvalue weighted by Gasteiger charge is 2.28. The summed E-state index contributed by atoms with van der Waals surface area (Å²) in [5.41, 5.74) is 2.06.